The van der Waals surface area contributed by atoms with Crippen LogP contribution in [-0.2, 0) is 0 Å². The van der Waals surface area contributed by atoms with E-state index in [1.54, 1.807) is 0 Å². The Labute approximate surface area is 261 Å². The molecule has 1 aliphatic heterocycles. The molecular weight excluding hydrogens is 519 g/mol. The third-order valence-corrected chi connectivity index (χ3v) is 8.33. The first-order valence-corrected chi connectivity index (χ1v) is 17.8. The highest BCUT2D eigenvalue weighted by atomic mass is 35.5. The second kappa shape index (κ2) is 40.6. The Hall–Kier alpha value is 0.500. The third-order valence-electron chi connectivity index (χ3n) is 8.33. The Balaban J connectivity index is -0.000000633. The minimum absolute atomic E-state index is 0. The van der Waals surface area contributed by atoms with Crippen LogP contribution in [0.3, 0.4) is 0 Å². The molecule has 1 heterocycles. The van der Waals surface area contributed by atoms with Crippen LogP contribution in [0.1, 0.15) is 200 Å². The van der Waals surface area contributed by atoms with Crippen LogP contribution in [0.2, 0.25) is 0 Å². The average Bonchev–Trinajstić information content (AvgIpc) is 2.93. The standard InChI is InChI=1S/C18H39N.C17H35N.2ClH/c1-2-3-4-5-6-7-8-9-10-11-12-13-14-15-16-17-18-19;1-2-3-4-5-6-7-8-9-10-12-15-18-16-13-11-14-17-18;;/h2-19H2,1H3;2-17H2,1H3;2*1H. The minimum atomic E-state index is 0. The minimum Gasteiger partial charge on any atom is -0.330 e. The molecule has 0 bridgehead atoms. The van der Waals surface area contributed by atoms with Crippen molar-refractivity contribution in [3.05, 3.63) is 0 Å². The largest absolute Gasteiger partial charge is 0.330 e. The van der Waals surface area contributed by atoms with E-state index in [0.29, 0.717) is 0 Å². The summed E-state index contributed by atoms with van der Waals surface area (Å²) < 4.78 is 0. The highest BCUT2D eigenvalue weighted by Crippen LogP contribution is 2.14. The number of nitrogens with zero attached hydrogens (tertiary/aromatic N) is 1. The summed E-state index contributed by atoms with van der Waals surface area (Å²) in [6.45, 7) is 9.57. The van der Waals surface area contributed by atoms with E-state index in [2.05, 4.69) is 18.7 Å². The number of hydrogen-bond donors (Lipinski definition) is 1. The average molecular weight is 596 g/mol. The van der Waals surface area contributed by atoms with Crippen LogP contribution in [0.4, 0.5) is 0 Å². The van der Waals surface area contributed by atoms with Gasteiger partial charge in [0.25, 0.3) is 0 Å². The molecule has 1 saturated heterocycles. The van der Waals surface area contributed by atoms with Gasteiger partial charge in [0.1, 0.15) is 0 Å². The first-order valence-electron chi connectivity index (χ1n) is 17.8. The molecule has 2 nitrogen and oxygen atoms in total. The molecule has 0 saturated carbocycles. The van der Waals surface area contributed by atoms with Crippen LogP contribution in [0.25, 0.3) is 0 Å². The van der Waals surface area contributed by atoms with Gasteiger partial charge in [-0.1, -0.05) is 174 Å². The predicted octanol–water partition coefficient (Wildman–Crippen LogP) is 12.4. The van der Waals surface area contributed by atoms with E-state index in [4.69, 9.17) is 5.73 Å². The van der Waals surface area contributed by atoms with Crippen molar-refractivity contribution in [3.8, 4) is 0 Å². The molecule has 0 aromatic heterocycles. The summed E-state index contributed by atoms with van der Waals surface area (Å²) in [4.78, 5) is 2.67. The van der Waals surface area contributed by atoms with Crippen LogP contribution < -0.4 is 5.73 Å². The SMILES string of the molecule is CCCCCCCCCCCCCCCCCCN.CCCCCCCCCCCCN1CCCCC1.Cl.Cl. The van der Waals surface area contributed by atoms with Gasteiger partial charge in [-0.25, -0.2) is 0 Å². The molecule has 0 atom stereocenters. The Morgan fingerprint density at radius 3 is 0.974 bits per heavy atom. The maximum absolute atomic E-state index is 5.48. The molecule has 0 amide bonds. The van der Waals surface area contributed by atoms with E-state index in [0.717, 1.165) is 6.54 Å². The molecule has 0 unspecified atom stereocenters. The zero-order chi connectivity index (χ0) is 26.9. The van der Waals surface area contributed by atoms with Crippen molar-refractivity contribution in [3.63, 3.8) is 0 Å². The number of nitrogens with two attached hydrogens (primary N) is 1. The van der Waals surface area contributed by atoms with Crippen LogP contribution in [-0.4, -0.2) is 31.1 Å². The number of halogens is 2. The van der Waals surface area contributed by atoms with Crippen molar-refractivity contribution in [1.82, 2.24) is 4.90 Å². The summed E-state index contributed by atoms with van der Waals surface area (Å²) in [7, 11) is 0. The number of rotatable bonds is 27. The van der Waals surface area contributed by atoms with Gasteiger partial charge in [0.15, 0.2) is 0 Å². The van der Waals surface area contributed by atoms with Gasteiger partial charge in [0.05, 0.1) is 0 Å². The molecule has 0 aromatic carbocycles. The highest BCUT2D eigenvalue weighted by Gasteiger charge is 2.08. The number of likely N-dealkylation sites (tertiary alicyclic amines) is 1. The van der Waals surface area contributed by atoms with Crippen molar-refractivity contribution < 1.29 is 0 Å². The second-order valence-electron chi connectivity index (χ2n) is 12.2. The molecule has 240 valence electrons. The molecule has 4 heteroatoms. The van der Waals surface area contributed by atoms with Crippen molar-refractivity contribution in [2.75, 3.05) is 26.2 Å². The first-order chi connectivity index (χ1) is 18.3. The fourth-order valence-electron chi connectivity index (χ4n) is 5.70. The monoisotopic (exact) mass is 595 g/mol. The van der Waals surface area contributed by atoms with Gasteiger partial charge < -0.3 is 10.6 Å². The Bertz CT molecular complexity index is 373. The zero-order valence-electron chi connectivity index (χ0n) is 27.2. The smallest absolute Gasteiger partial charge is 0.00187 e. The van der Waals surface area contributed by atoms with E-state index in [-0.39, 0.29) is 24.8 Å². The summed E-state index contributed by atoms with van der Waals surface area (Å²) in [5.74, 6) is 0. The lowest BCUT2D eigenvalue weighted by molar-refractivity contribution is 0.224. The number of hydrogen-bond acceptors (Lipinski definition) is 2. The topological polar surface area (TPSA) is 29.3 Å². The summed E-state index contributed by atoms with van der Waals surface area (Å²) in [5.41, 5.74) is 5.48. The molecule has 39 heavy (non-hydrogen) atoms. The van der Waals surface area contributed by atoms with Gasteiger partial charge in [-0.05, 0) is 51.9 Å². The Morgan fingerprint density at radius 1 is 0.385 bits per heavy atom. The molecule has 2 N–H and O–H groups in total. The summed E-state index contributed by atoms with van der Waals surface area (Å²) in [6.07, 6.45) is 41.8. The van der Waals surface area contributed by atoms with Crippen molar-refractivity contribution >= 4 is 24.8 Å². The lowest BCUT2D eigenvalue weighted by Crippen LogP contribution is -2.30. The first kappa shape index (κ1) is 43.9. The van der Waals surface area contributed by atoms with E-state index in [1.165, 1.54) is 206 Å². The molecular formula is C35H76Cl2N2. The quantitative estimate of drug-likeness (QED) is 0.0957. The van der Waals surface area contributed by atoms with Gasteiger partial charge >= 0.3 is 0 Å². The maximum atomic E-state index is 5.48. The Morgan fingerprint density at radius 2 is 0.667 bits per heavy atom. The fraction of sp³-hybridized carbons (Fsp3) is 1.00. The van der Waals surface area contributed by atoms with Crippen molar-refractivity contribution in [2.24, 2.45) is 5.73 Å². The molecule has 1 fully saturated rings. The van der Waals surface area contributed by atoms with Gasteiger partial charge in [-0.3, -0.25) is 0 Å². The van der Waals surface area contributed by atoms with Gasteiger partial charge in [-0.15, -0.1) is 24.8 Å². The molecule has 0 radical (unpaired) electrons. The lowest BCUT2D eigenvalue weighted by Gasteiger charge is -2.26. The highest BCUT2D eigenvalue weighted by molar-refractivity contribution is 5.85. The van der Waals surface area contributed by atoms with Crippen molar-refractivity contribution in [2.45, 2.75) is 200 Å². The van der Waals surface area contributed by atoms with Crippen LogP contribution in [0.15, 0.2) is 0 Å². The van der Waals surface area contributed by atoms with E-state index in [9.17, 15) is 0 Å². The summed E-state index contributed by atoms with van der Waals surface area (Å²) in [5, 5.41) is 0. The van der Waals surface area contributed by atoms with Crippen LogP contribution in [0, 0.1) is 0 Å². The maximum Gasteiger partial charge on any atom is -0.00187 e. The molecule has 0 aromatic rings. The molecule has 1 aliphatic rings. The van der Waals surface area contributed by atoms with E-state index < -0.39 is 0 Å². The summed E-state index contributed by atoms with van der Waals surface area (Å²) >= 11 is 0. The molecule has 0 spiro atoms. The number of piperidine rings is 1. The third kappa shape index (κ3) is 38.5. The van der Waals surface area contributed by atoms with Crippen molar-refractivity contribution in [1.29, 1.82) is 0 Å². The van der Waals surface area contributed by atoms with Crippen LogP contribution in [0.5, 0.6) is 0 Å². The fourth-order valence-corrected chi connectivity index (χ4v) is 5.70. The Kier molecular flexibility index (Phi) is 45.8. The molecule has 1 rings (SSSR count). The summed E-state index contributed by atoms with van der Waals surface area (Å²) in [6, 6.07) is 0. The van der Waals surface area contributed by atoms with E-state index in [1.807, 2.05) is 0 Å². The second-order valence-corrected chi connectivity index (χ2v) is 12.2. The number of unbranched alkanes of at least 4 members (excludes halogenated alkanes) is 24. The predicted molar refractivity (Wildman–Crippen MR) is 185 cm³/mol. The van der Waals surface area contributed by atoms with Gasteiger partial charge in [-0.2, -0.15) is 0 Å². The van der Waals surface area contributed by atoms with Crippen LogP contribution >= 0.6 is 24.8 Å². The normalized spacial score (nSPS) is 13.3. The zero-order valence-corrected chi connectivity index (χ0v) is 28.8. The van der Waals surface area contributed by atoms with Gasteiger partial charge in [0, 0.05) is 0 Å². The lowest BCUT2D eigenvalue weighted by atomic mass is 10.0. The van der Waals surface area contributed by atoms with Gasteiger partial charge in [0.2, 0.25) is 0 Å². The van der Waals surface area contributed by atoms with E-state index >= 15 is 0 Å². The molecule has 0 aliphatic carbocycles.